The molecule has 17 N–H and O–H groups in total. The Morgan fingerprint density at radius 2 is 0.797 bits per heavy atom. The van der Waals surface area contributed by atoms with Gasteiger partial charge in [0.25, 0.3) is 0 Å². The van der Waals surface area contributed by atoms with Gasteiger partial charge in [0.15, 0.2) is 43.5 Å². The van der Waals surface area contributed by atoms with Crippen LogP contribution in [0.15, 0.2) is 0 Å². The molecule has 0 saturated carbocycles. The number of rotatable bonds is 20. The van der Waals surface area contributed by atoms with E-state index in [9.17, 15) is 86.8 Å². The largest absolute Gasteiger partial charge is 0.394 e. The lowest BCUT2D eigenvalue weighted by Crippen LogP contribution is -2.68. The van der Waals surface area contributed by atoms with Crippen molar-refractivity contribution in [3.63, 3.8) is 0 Å². The molecule has 7 rings (SSSR count). The molecule has 79 heavy (non-hydrogen) atoms. The van der Waals surface area contributed by atoms with E-state index >= 15 is 0 Å². The molecule has 462 valence electrons. The predicted octanol–water partition coefficient (Wildman–Crippen LogP) is -7.66. The van der Waals surface area contributed by atoms with Gasteiger partial charge in [0.05, 0.1) is 81.4 Å². The van der Waals surface area contributed by atoms with Gasteiger partial charge in [0, 0.05) is 18.3 Å². The SMILES string of the molecule is CCC1OC(OC2C(CC)OC(OC3C(COC4OC(CO)C(COC5OC(CO)CC(O)C5O)C(O)C4O)OC(OC4C(CC)OC(OC5C(CC)OC(C)(O)C(O)C5O)C(O)C4O)C(O)C3O)C(O)C2O)C(O)C(O)C1C. The van der Waals surface area contributed by atoms with E-state index in [0.29, 0.717) is 6.42 Å². The zero-order valence-corrected chi connectivity index (χ0v) is 44.8. The minimum Gasteiger partial charge on any atom is -0.394 e. The molecule has 0 radical (unpaired) electrons. The molecular formula is C49H86O30. The first kappa shape index (κ1) is 65.3. The fourth-order valence-electron chi connectivity index (χ4n) is 11.3. The third-order valence-corrected chi connectivity index (χ3v) is 16.3. The standard InChI is InChI=1S/C49H86O30/c1-7-20-16(5)26(53)32(59)45(70-20)75-38-21(8-2)72-47(35(62)30(38)57)78-41-25(15-68-44-33(60)27(54)18(24(13-51)73-44)14-67-43-28(55)19(52)11-17(12-50)69-43)74-48(36(63)31(41)58)76-39-22(9-3)71-46(34(61)29(39)56)77-40-23(10-4)79-49(6,66)42(65)37(40)64/h16-48,50-66H,7-15H2,1-6H3. The molecule has 7 fully saturated rings. The minimum atomic E-state index is -2.16. The van der Waals surface area contributed by atoms with Crippen molar-refractivity contribution in [2.75, 3.05) is 26.4 Å². The summed E-state index contributed by atoms with van der Waals surface area (Å²) in [5.74, 6) is -3.86. The molecule has 30 nitrogen and oxygen atoms in total. The van der Waals surface area contributed by atoms with Crippen molar-refractivity contribution in [2.24, 2.45) is 11.8 Å². The third-order valence-electron chi connectivity index (χ3n) is 16.3. The molecule has 7 heterocycles. The van der Waals surface area contributed by atoms with Gasteiger partial charge in [-0.1, -0.05) is 34.6 Å². The fraction of sp³-hybridized carbons (Fsp3) is 1.00. The van der Waals surface area contributed by atoms with Crippen molar-refractivity contribution in [2.45, 2.75) is 270 Å². The second kappa shape index (κ2) is 27.9. The van der Waals surface area contributed by atoms with Crippen LogP contribution in [0.4, 0.5) is 0 Å². The van der Waals surface area contributed by atoms with Gasteiger partial charge in [-0.2, -0.15) is 0 Å². The highest BCUT2D eigenvalue weighted by atomic mass is 16.8. The van der Waals surface area contributed by atoms with E-state index in [-0.39, 0.29) is 25.7 Å². The van der Waals surface area contributed by atoms with Crippen molar-refractivity contribution >= 4 is 0 Å². The molecule has 34 unspecified atom stereocenters. The molecular weight excluding hydrogens is 1070 g/mol. The van der Waals surface area contributed by atoms with Gasteiger partial charge in [-0.05, 0) is 32.6 Å². The van der Waals surface area contributed by atoms with Gasteiger partial charge < -0.3 is 148 Å². The topological polar surface area (TPSA) is 464 Å². The zero-order valence-electron chi connectivity index (χ0n) is 44.8. The molecule has 7 aliphatic heterocycles. The highest BCUT2D eigenvalue weighted by Crippen LogP contribution is 2.39. The van der Waals surface area contributed by atoms with Crippen molar-refractivity contribution < 1.29 is 148 Å². The minimum absolute atomic E-state index is 0.0279. The van der Waals surface area contributed by atoms with Gasteiger partial charge in [-0.25, -0.2) is 0 Å². The van der Waals surface area contributed by atoms with Gasteiger partial charge in [0.2, 0.25) is 0 Å². The lowest BCUT2D eigenvalue weighted by molar-refractivity contribution is -0.397. The van der Waals surface area contributed by atoms with Crippen molar-refractivity contribution in [1.82, 2.24) is 0 Å². The average Bonchev–Trinajstić information content (AvgIpc) is 3.49. The van der Waals surface area contributed by atoms with Crippen LogP contribution in [0.3, 0.4) is 0 Å². The van der Waals surface area contributed by atoms with Crippen LogP contribution in [0.1, 0.15) is 73.6 Å². The molecule has 0 aromatic rings. The molecule has 0 aromatic carbocycles. The smallest absolute Gasteiger partial charge is 0.192 e. The monoisotopic (exact) mass is 1150 g/mol. The van der Waals surface area contributed by atoms with Gasteiger partial charge >= 0.3 is 0 Å². The van der Waals surface area contributed by atoms with E-state index in [1.165, 1.54) is 0 Å². The molecule has 0 spiro atoms. The second-order valence-corrected chi connectivity index (χ2v) is 21.8. The summed E-state index contributed by atoms with van der Waals surface area (Å²) in [6.45, 7) is 6.90. The van der Waals surface area contributed by atoms with Crippen LogP contribution < -0.4 is 0 Å². The van der Waals surface area contributed by atoms with E-state index in [1.54, 1.807) is 34.6 Å². The predicted molar refractivity (Wildman–Crippen MR) is 256 cm³/mol. The Morgan fingerprint density at radius 3 is 1.27 bits per heavy atom. The summed E-state index contributed by atoms with van der Waals surface area (Å²) in [5.41, 5.74) is 0. The number of aliphatic hydroxyl groups is 17. The molecule has 34 atom stereocenters. The Hall–Kier alpha value is -1.20. The van der Waals surface area contributed by atoms with Gasteiger partial charge in [-0.3, -0.25) is 0 Å². The van der Waals surface area contributed by atoms with E-state index in [1.807, 2.05) is 0 Å². The van der Waals surface area contributed by atoms with Crippen LogP contribution in [-0.4, -0.2) is 309 Å². The van der Waals surface area contributed by atoms with Crippen LogP contribution in [0, 0.1) is 11.8 Å². The first-order valence-corrected chi connectivity index (χ1v) is 27.3. The second-order valence-electron chi connectivity index (χ2n) is 21.8. The summed E-state index contributed by atoms with van der Waals surface area (Å²) in [5, 5.41) is 187. The quantitative estimate of drug-likeness (QED) is 0.0538. The van der Waals surface area contributed by atoms with Crippen LogP contribution in [0.5, 0.6) is 0 Å². The zero-order chi connectivity index (χ0) is 58.1. The number of aliphatic hydroxyl groups excluding tert-OH is 16. The number of ether oxygens (including phenoxy) is 13. The maximum Gasteiger partial charge on any atom is 0.192 e. The summed E-state index contributed by atoms with van der Waals surface area (Å²) in [4.78, 5) is 0. The Kier molecular flexibility index (Phi) is 23.1. The van der Waals surface area contributed by atoms with E-state index in [0.717, 1.165) is 6.92 Å². The Morgan fingerprint density at radius 1 is 0.405 bits per heavy atom. The van der Waals surface area contributed by atoms with E-state index < -0.39 is 234 Å². The molecule has 30 heteroatoms. The number of hydrogen-bond donors (Lipinski definition) is 17. The molecule has 0 aromatic heterocycles. The number of hydrogen-bond acceptors (Lipinski definition) is 30. The highest BCUT2D eigenvalue weighted by molar-refractivity contribution is 5.00. The normalized spacial score (nSPS) is 53.0. The summed E-state index contributed by atoms with van der Waals surface area (Å²) in [6.07, 6.45) is -48.6. The van der Waals surface area contributed by atoms with Crippen molar-refractivity contribution in [1.29, 1.82) is 0 Å². The Balaban J connectivity index is 1.09. The van der Waals surface area contributed by atoms with Crippen molar-refractivity contribution in [3.8, 4) is 0 Å². The average molecular weight is 1160 g/mol. The summed E-state index contributed by atoms with van der Waals surface area (Å²) < 4.78 is 76.9. The Bertz CT molecular complexity index is 1840. The van der Waals surface area contributed by atoms with E-state index in [2.05, 4.69) is 0 Å². The lowest BCUT2D eigenvalue weighted by Gasteiger charge is -2.50. The van der Waals surface area contributed by atoms with Crippen LogP contribution in [0.25, 0.3) is 0 Å². The molecule has 0 bridgehead atoms. The summed E-state index contributed by atoms with van der Waals surface area (Å²) >= 11 is 0. The first-order valence-electron chi connectivity index (χ1n) is 27.3. The molecule has 0 amide bonds. The first-order chi connectivity index (χ1) is 37.4. The highest BCUT2D eigenvalue weighted by Gasteiger charge is 2.58. The van der Waals surface area contributed by atoms with Crippen molar-refractivity contribution in [3.05, 3.63) is 0 Å². The maximum absolute atomic E-state index is 11.9. The van der Waals surface area contributed by atoms with Crippen LogP contribution in [-0.2, 0) is 61.6 Å². The lowest BCUT2D eigenvalue weighted by atomic mass is 9.89. The molecule has 7 saturated heterocycles. The summed E-state index contributed by atoms with van der Waals surface area (Å²) in [6, 6.07) is 0. The van der Waals surface area contributed by atoms with Crippen LogP contribution >= 0.6 is 0 Å². The molecule has 7 aliphatic rings. The molecule has 0 aliphatic carbocycles. The van der Waals surface area contributed by atoms with Gasteiger partial charge in [0.1, 0.15) is 97.7 Å². The van der Waals surface area contributed by atoms with Crippen LogP contribution in [0.2, 0.25) is 0 Å². The fourth-order valence-corrected chi connectivity index (χ4v) is 11.3. The van der Waals surface area contributed by atoms with E-state index in [4.69, 9.17) is 61.6 Å². The summed E-state index contributed by atoms with van der Waals surface area (Å²) in [7, 11) is 0. The maximum atomic E-state index is 11.9. The Labute approximate surface area is 455 Å². The van der Waals surface area contributed by atoms with Gasteiger partial charge in [-0.15, -0.1) is 0 Å². The third kappa shape index (κ3) is 13.9.